The molecule has 0 spiro atoms. The lowest BCUT2D eigenvalue weighted by Crippen LogP contribution is -2.17. The minimum Gasteiger partial charge on any atom is -0.344 e. The quantitative estimate of drug-likeness (QED) is 0.342. The molecular weight excluding hydrogens is 470 g/mol. The Morgan fingerprint density at radius 3 is 2.08 bits per heavy atom. The maximum absolute atomic E-state index is 4.81. The molecule has 200 valence electrons. The molecule has 8 rings (SSSR count). The zero-order valence-corrected chi connectivity index (χ0v) is 22.6. The minimum absolute atomic E-state index is 0.380. The van der Waals surface area contributed by atoms with Crippen LogP contribution in [0, 0.1) is 0 Å². The van der Waals surface area contributed by atoms with Crippen molar-refractivity contribution in [1.82, 2.24) is 35.5 Å². The van der Waals surface area contributed by atoms with Crippen molar-refractivity contribution in [1.29, 1.82) is 0 Å². The van der Waals surface area contributed by atoms with E-state index in [1.54, 1.807) is 16.7 Å². The predicted molar refractivity (Wildman–Crippen MR) is 149 cm³/mol. The number of imidazole rings is 2. The molecule has 1 aliphatic carbocycles. The lowest BCUT2D eigenvalue weighted by atomic mass is 9.73. The zero-order valence-electron chi connectivity index (χ0n) is 22.6. The molecule has 2 aromatic heterocycles. The summed E-state index contributed by atoms with van der Waals surface area (Å²) in [6.45, 7) is 2.21. The highest BCUT2D eigenvalue weighted by molar-refractivity contribution is 5.70. The van der Waals surface area contributed by atoms with E-state index in [2.05, 4.69) is 57.1 Å². The molecule has 1 saturated carbocycles. The Bertz CT molecular complexity index is 1300. The number of hydrogen-bond donors (Lipinski definition) is 4. The van der Waals surface area contributed by atoms with Crippen molar-refractivity contribution in [3.63, 3.8) is 0 Å². The average molecular weight is 512 g/mol. The lowest BCUT2D eigenvalue weighted by molar-refractivity contribution is 0.279. The van der Waals surface area contributed by atoms with Crippen LogP contribution in [0.4, 0.5) is 0 Å². The van der Waals surface area contributed by atoms with Gasteiger partial charge in [0.05, 0.1) is 24.0 Å². The SMILES string of the molecule is CN1C2CCC1c1c(C3CCC(c4cnc([C@@H]5CCCN5)[nH]4)CC3)ccc(-c3cnc([C@@H]4CCCN4)[nH]3)c12. The zero-order chi connectivity index (χ0) is 25.2. The molecule has 4 fully saturated rings. The van der Waals surface area contributed by atoms with Crippen LogP contribution in [0.2, 0.25) is 0 Å². The Labute approximate surface area is 225 Å². The molecule has 1 aromatic carbocycles. The first-order valence-corrected chi connectivity index (χ1v) is 15.2. The standard InChI is InChI=1S/C31H41N7/c1-38-26-12-13-27(38)29-21(25-17-35-31(37-25)23-5-3-15-33-23)11-10-20(28(26)29)18-6-8-19(9-7-18)24-16-34-30(36-24)22-4-2-14-32-22/h10-11,16-19,22-23,26-27,32-33H,2-9,12-15H2,1H3,(H,34,36)(H,35,37)/t18?,19?,22-,23-,26?,27?/m0/s1. The van der Waals surface area contributed by atoms with Crippen LogP contribution in [0.25, 0.3) is 11.3 Å². The molecule has 0 amide bonds. The summed E-state index contributed by atoms with van der Waals surface area (Å²) < 4.78 is 0. The molecule has 7 heteroatoms. The van der Waals surface area contributed by atoms with E-state index in [9.17, 15) is 0 Å². The topological polar surface area (TPSA) is 84.7 Å². The largest absolute Gasteiger partial charge is 0.344 e. The molecule has 4 N–H and O–H groups in total. The summed E-state index contributed by atoms with van der Waals surface area (Å²) in [5.41, 5.74) is 8.85. The molecular formula is C31H41N7. The fourth-order valence-electron chi connectivity index (χ4n) is 8.55. The van der Waals surface area contributed by atoms with Crippen LogP contribution in [0.3, 0.4) is 0 Å². The Morgan fingerprint density at radius 1 is 0.711 bits per heavy atom. The van der Waals surface area contributed by atoms with Gasteiger partial charge < -0.3 is 20.6 Å². The van der Waals surface area contributed by atoms with Crippen molar-refractivity contribution in [3.05, 3.63) is 58.6 Å². The highest BCUT2D eigenvalue weighted by Gasteiger charge is 2.45. The van der Waals surface area contributed by atoms with Crippen molar-refractivity contribution in [2.24, 2.45) is 0 Å². The minimum atomic E-state index is 0.380. The normalized spacial score (nSPS) is 32.9. The number of H-pyrrole nitrogens is 2. The van der Waals surface area contributed by atoms with Gasteiger partial charge in [0.25, 0.3) is 0 Å². The van der Waals surface area contributed by atoms with Gasteiger partial charge in [-0.25, -0.2) is 9.97 Å². The van der Waals surface area contributed by atoms with Gasteiger partial charge in [0.2, 0.25) is 0 Å². The third kappa shape index (κ3) is 3.73. The van der Waals surface area contributed by atoms with E-state index in [0.29, 0.717) is 36.0 Å². The number of rotatable bonds is 5. The number of nitrogens with zero attached hydrogens (tertiary/aromatic N) is 3. The first kappa shape index (κ1) is 23.4. The van der Waals surface area contributed by atoms with Crippen LogP contribution in [-0.4, -0.2) is 45.0 Å². The number of fused-ring (bicyclic) bond motifs is 5. The molecule has 38 heavy (non-hydrogen) atoms. The Morgan fingerprint density at radius 2 is 1.37 bits per heavy atom. The third-order valence-electron chi connectivity index (χ3n) is 10.6. The molecule has 6 heterocycles. The van der Waals surface area contributed by atoms with Crippen molar-refractivity contribution >= 4 is 0 Å². The summed E-state index contributed by atoms with van der Waals surface area (Å²) in [5.74, 6) is 3.54. The summed E-state index contributed by atoms with van der Waals surface area (Å²) in [6.07, 6.45) is 16.7. The first-order chi connectivity index (χ1) is 18.7. The van der Waals surface area contributed by atoms with Crippen molar-refractivity contribution in [2.45, 2.75) is 100 Å². The Kier molecular flexibility index (Phi) is 5.74. The van der Waals surface area contributed by atoms with E-state index in [4.69, 9.17) is 9.97 Å². The van der Waals surface area contributed by atoms with E-state index >= 15 is 0 Å². The highest BCUT2D eigenvalue weighted by atomic mass is 15.2. The van der Waals surface area contributed by atoms with Gasteiger partial charge >= 0.3 is 0 Å². The number of aromatic nitrogens is 4. The maximum atomic E-state index is 4.81. The van der Waals surface area contributed by atoms with Gasteiger partial charge in [-0.3, -0.25) is 4.90 Å². The summed E-state index contributed by atoms with van der Waals surface area (Å²) in [5, 5.41) is 7.18. The van der Waals surface area contributed by atoms with Crippen LogP contribution in [0.15, 0.2) is 24.5 Å². The monoisotopic (exact) mass is 511 g/mol. The van der Waals surface area contributed by atoms with Crippen LogP contribution in [0.1, 0.15) is 134 Å². The van der Waals surface area contributed by atoms with Gasteiger partial charge in [0.15, 0.2) is 0 Å². The second-order valence-electron chi connectivity index (χ2n) is 12.6. The van der Waals surface area contributed by atoms with Crippen molar-refractivity contribution in [3.8, 4) is 11.3 Å². The Hall–Kier alpha value is -2.48. The molecule has 7 nitrogen and oxygen atoms in total. The molecule has 0 radical (unpaired) electrons. The van der Waals surface area contributed by atoms with Crippen LogP contribution in [0.5, 0.6) is 0 Å². The van der Waals surface area contributed by atoms with Gasteiger partial charge in [0, 0.05) is 35.5 Å². The van der Waals surface area contributed by atoms with E-state index in [0.717, 1.165) is 24.7 Å². The predicted octanol–water partition coefficient (Wildman–Crippen LogP) is 5.91. The molecule has 4 aliphatic heterocycles. The van der Waals surface area contributed by atoms with Crippen molar-refractivity contribution < 1.29 is 0 Å². The summed E-state index contributed by atoms with van der Waals surface area (Å²) in [4.78, 5) is 19.6. The smallest absolute Gasteiger partial charge is 0.123 e. The van der Waals surface area contributed by atoms with Crippen molar-refractivity contribution in [2.75, 3.05) is 20.1 Å². The molecule has 3 saturated heterocycles. The number of hydrogen-bond acceptors (Lipinski definition) is 5. The maximum Gasteiger partial charge on any atom is 0.123 e. The van der Waals surface area contributed by atoms with Crippen LogP contribution in [-0.2, 0) is 0 Å². The van der Waals surface area contributed by atoms with Gasteiger partial charge in [-0.2, -0.15) is 0 Å². The fourth-order valence-corrected chi connectivity index (χ4v) is 8.55. The summed E-state index contributed by atoms with van der Waals surface area (Å²) in [6, 6.07) is 6.84. The van der Waals surface area contributed by atoms with Gasteiger partial charge in [-0.1, -0.05) is 12.1 Å². The van der Waals surface area contributed by atoms with E-state index in [-0.39, 0.29) is 0 Å². The van der Waals surface area contributed by atoms with Gasteiger partial charge in [-0.05, 0) is 107 Å². The highest BCUT2D eigenvalue weighted by Crippen LogP contribution is 2.57. The van der Waals surface area contributed by atoms with Gasteiger partial charge in [-0.15, -0.1) is 0 Å². The molecule has 4 atom stereocenters. The number of nitrogens with one attached hydrogen (secondary N) is 4. The Balaban J connectivity index is 1.05. The van der Waals surface area contributed by atoms with Crippen LogP contribution >= 0.6 is 0 Å². The number of benzene rings is 1. The first-order valence-electron chi connectivity index (χ1n) is 15.2. The van der Waals surface area contributed by atoms with Crippen LogP contribution < -0.4 is 10.6 Å². The molecule has 2 bridgehead atoms. The van der Waals surface area contributed by atoms with E-state index in [1.807, 2.05) is 0 Å². The summed E-state index contributed by atoms with van der Waals surface area (Å²) >= 11 is 0. The fraction of sp³-hybridized carbons (Fsp3) is 0.613. The summed E-state index contributed by atoms with van der Waals surface area (Å²) in [7, 11) is 2.35. The average Bonchev–Trinajstić information content (AvgIpc) is 3.80. The second kappa shape index (κ2) is 9.32. The second-order valence-corrected chi connectivity index (χ2v) is 12.6. The molecule has 3 aromatic rings. The third-order valence-corrected chi connectivity index (χ3v) is 10.6. The molecule has 5 aliphatic rings. The van der Waals surface area contributed by atoms with E-state index < -0.39 is 0 Å². The van der Waals surface area contributed by atoms with E-state index in [1.165, 1.54) is 81.2 Å². The lowest BCUT2D eigenvalue weighted by Gasteiger charge is -2.31. The molecule has 2 unspecified atom stereocenters. The van der Waals surface area contributed by atoms with Gasteiger partial charge in [0.1, 0.15) is 11.6 Å². The number of aromatic amines is 2.